The van der Waals surface area contributed by atoms with E-state index in [2.05, 4.69) is 71.0 Å². The van der Waals surface area contributed by atoms with Gasteiger partial charge in [0.05, 0.1) is 11.2 Å². The van der Waals surface area contributed by atoms with E-state index >= 15 is 0 Å². The molecule has 2 aromatic heterocycles. The number of likely N-dealkylation sites (N-methyl/N-ethyl adjacent to an activating group) is 1. The molecule has 158 valence electrons. The van der Waals surface area contributed by atoms with Gasteiger partial charge < -0.3 is 21.3 Å². The van der Waals surface area contributed by atoms with Gasteiger partial charge in [0.25, 0.3) is 0 Å². The molecule has 0 spiro atoms. The number of nitrogens with one attached hydrogen (secondary N) is 2. The summed E-state index contributed by atoms with van der Waals surface area (Å²) in [6.45, 7) is 1.92. The van der Waals surface area contributed by atoms with Crippen LogP contribution in [-0.4, -0.2) is 54.1 Å². The zero-order valence-corrected chi connectivity index (χ0v) is 17.9. The summed E-state index contributed by atoms with van der Waals surface area (Å²) in [6, 6.07) is 15.4. The van der Waals surface area contributed by atoms with Crippen LogP contribution in [0.1, 0.15) is 25.7 Å². The summed E-state index contributed by atoms with van der Waals surface area (Å²) in [5.74, 6) is 0.921. The molecule has 0 saturated heterocycles. The van der Waals surface area contributed by atoms with Crippen molar-refractivity contribution in [2.45, 2.75) is 37.8 Å². The average molecular weight is 405 g/mol. The maximum atomic E-state index is 6.08. The number of rotatable bonds is 7. The first-order chi connectivity index (χ1) is 14.6. The minimum atomic E-state index is 0.339. The highest BCUT2D eigenvalue weighted by Gasteiger charge is 2.20. The van der Waals surface area contributed by atoms with Crippen LogP contribution in [0.15, 0.2) is 48.7 Å². The first-order valence-corrected chi connectivity index (χ1v) is 10.9. The van der Waals surface area contributed by atoms with E-state index < -0.39 is 0 Å². The molecule has 1 aromatic carbocycles. The molecular weight excluding hydrogens is 372 g/mol. The van der Waals surface area contributed by atoms with E-state index in [0.717, 1.165) is 72.4 Å². The monoisotopic (exact) mass is 404 g/mol. The second-order valence-corrected chi connectivity index (χ2v) is 8.49. The Hall–Kier alpha value is -2.70. The second kappa shape index (κ2) is 9.41. The molecule has 1 fully saturated rings. The molecule has 1 aliphatic rings. The van der Waals surface area contributed by atoms with Crippen LogP contribution in [0.25, 0.3) is 22.2 Å². The van der Waals surface area contributed by atoms with E-state index in [-0.39, 0.29) is 0 Å². The number of benzene rings is 1. The summed E-state index contributed by atoms with van der Waals surface area (Å²) < 4.78 is 0. The van der Waals surface area contributed by atoms with Gasteiger partial charge in [-0.1, -0.05) is 12.1 Å². The number of hydrogen-bond donors (Lipinski definition) is 3. The van der Waals surface area contributed by atoms with Crippen LogP contribution in [0, 0.1) is 0 Å². The van der Waals surface area contributed by atoms with Crippen LogP contribution in [0.4, 0.5) is 11.5 Å². The van der Waals surface area contributed by atoms with Gasteiger partial charge in [0.2, 0.25) is 0 Å². The quantitative estimate of drug-likeness (QED) is 0.553. The molecule has 0 radical (unpaired) electrons. The lowest BCUT2D eigenvalue weighted by Crippen LogP contribution is -2.33. The molecule has 0 bridgehead atoms. The minimum absolute atomic E-state index is 0.339. The van der Waals surface area contributed by atoms with Gasteiger partial charge in [0.15, 0.2) is 0 Å². The van der Waals surface area contributed by atoms with Crippen molar-refractivity contribution in [2.75, 3.05) is 37.8 Å². The molecule has 0 amide bonds. The maximum absolute atomic E-state index is 6.08. The fraction of sp³-hybridized carbons (Fsp3) is 0.417. The molecule has 6 heteroatoms. The fourth-order valence-corrected chi connectivity index (χ4v) is 3.97. The Balaban J connectivity index is 1.56. The lowest BCUT2D eigenvalue weighted by Gasteiger charge is -2.27. The Bertz CT molecular complexity index is 961. The normalized spacial score (nSPS) is 19.2. The molecule has 2 heterocycles. The Morgan fingerprint density at radius 3 is 2.57 bits per heavy atom. The van der Waals surface area contributed by atoms with Gasteiger partial charge in [0.1, 0.15) is 5.82 Å². The third-order valence-electron chi connectivity index (χ3n) is 5.78. The number of hydrogen-bond acceptors (Lipinski definition) is 6. The van der Waals surface area contributed by atoms with E-state index in [4.69, 9.17) is 10.7 Å². The van der Waals surface area contributed by atoms with E-state index in [1.807, 2.05) is 12.3 Å². The Kier molecular flexibility index (Phi) is 6.45. The van der Waals surface area contributed by atoms with Gasteiger partial charge in [-0.25, -0.2) is 4.98 Å². The zero-order chi connectivity index (χ0) is 20.9. The maximum Gasteiger partial charge on any atom is 0.136 e. The summed E-state index contributed by atoms with van der Waals surface area (Å²) in [5, 5.41) is 8.20. The van der Waals surface area contributed by atoms with E-state index in [9.17, 15) is 0 Å². The molecule has 1 aliphatic carbocycles. The third-order valence-corrected chi connectivity index (χ3v) is 5.78. The van der Waals surface area contributed by atoms with Crippen molar-refractivity contribution >= 4 is 22.4 Å². The molecule has 3 aromatic rings. The predicted molar refractivity (Wildman–Crippen MR) is 126 cm³/mol. The zero-order valence-electron chi connectivity index (χ0n) is 17.9. The van der Waals surface area contributed by atoms with Crippen LogP contribution in [0.2, 0.25) is 0 Å². The molecule has 0 aliphatic heterocycles. The highest BCUT2D eigenvalue weighted by atomic mass is 15.1. The van der Waals surface area contributed by atoms with E-state index in [0.29, 0.717) is 12.1 Å². The van der Waals surface area contributed by atoms with Crippen molar-refractivity contribution in [2.24, 2.45) is 5.73 Å². The molecule has 0 unspecified atom stereocenters. The van der Waals surface area contributed by atoms with Crippen molar-refractivity contribution in [1.29, 1.82) is 0 Å². The first kappa shape index (κ1) is 20.6. The van der Waals surface area contributed by atoms with Crippen molar-refractivity contribution < 1.29 is 0 Å². The van der Waals surface area contributed by atoms with E-state index in [1.54, 1.807) is 0 Å². The fourth-order valence-electron chi connectivity index (χ4n) is 3.97. The lowest BCUT2D eigenvalue weighted by molar-refractivity contribution is 0.411. The summed E-state index contributed by atoms with van der Waals surface area (Å²) in [4.78, 5) is 11.7. The average Bonchev–Trinajstić information content (AvgIpc) is 2.75. The molecule has 1 saturated carbocycles. The van der Waals surface area contributed by atoms with Crippen LogP contribution in [-0.2, 0) is 0 Å². The Morgan fingerprint density at radius 1 is 1.07 bits per heavy atom. The first-order valence-electron chi connectivity index (χ1n) is 10.9. The summed E-state index contributed by atoms with van der Waals surface area (Å²) in [7, 11) is 4.16. The summed E-state index contributed by atoms with van der Waals surface area (Å²) in [6.07, 6.45) is 6.14. The van der Waals surface area contributed by atoms with Crippen LogP contribution >= 0.6 is 0 Å². The van der Waals surface area contributed by atoms with Gasteiger partial charge in [0, 0.05) is 48.0 Å². The molecule has 4 N–H and O–H groups in total. The van der Waals surface area contributed by atoms with Crippen molar-refractivity contribution in [3.8, 4) is 11.3 Å². The van der Waals surface area contributed by atoms with Crippen molar-refractivity contribution in [3.63, 3.8) is 0 Å². The van der Waals surface area contributed by atoms with Crippen LogP contribution in [0.3, 0.4) is 0 Å². The van der Waals surface area contributed by atoms with Gasteiger partial charge >= 0.3 is 0 Å². The third kappa shape index (κ3) is 5.07. The summed E-state index contributed by atoms with van der Waals surface area (Å²) >= 11 is 0. The molecule has 30 heavy (non-hydrogen) atoms. The van der Waals surface area contributed by atoms with Gasteiger partial charge in [-0.15, -0.1) is 0 Å². The number of nitrogens with zero attached hydrogens (tertiary/aromatic N) is 3. The Labute approximate surface area is 178 Å². The molecule has 6 nitrogen and oxygen atoms in total. The number of nitrogens with two attached hydrogens (primary N) is 1. The summed E-state index contributed by atoms with van der Waals surface area (Å²) in [5.41, 5.74) is 10.2. The number of aromatic nitrogens is 2. The highest BCUT2D eigenvalue weighted by molar-refractivity contribution is 5.92. The largest absolute Gasteiger partial charge is 0.384 e. The molecule has 0 atom stereocenters. The van der Waals surface area contributed by atoms with Gasteiger partial charge in [-0.2, -0.15) is 0 Å². The van der Waals surface area contributed by atoms with Gasteiger partial charge in [-0.05, 0) is 70.1 Å². The molecular formula is C24H32N6. The number of fused-ring (bicyclic) bond motifs is 1. The van der Waals surface area contributed by atoms with Crippen molar-refractivity contribution in [1.82, 2.24) is 14.9 Å². The van der Waals surface area contributed by atoms with Gasteiger partial charge in [-0.3, -0.25) is 4.98 Å². The SMILES string of the molecule is CN(C)CCNc1ccc(-c2cc3ncccc3c(NC3CCC(N)CC3)n2)cc1. The van der Waals surface area contributed by atoms with Crippen LogP contribution in [0.5, 0.6) is 0 Å². The van der Waals surface area contributed by atoms with E-state index in [1.165, 1.54) is 0 Å². The Morgan fingerprint density at radius 2 is 1.83 bits per heavy atom. The minimum Gasteiger partial charge on any atom is -0.384 e. The van der Waals surface area contributed by atoms with Crippen molar-refractivity contribution in [3.05, 3.63) is 48.7 Å². The predicted octanol–water partition coefficient (Wildman–Crippen LogP) is 3.95. The highest BCUT2D eigenvalue weighted by Crippen LogP contribution is 2.29. The standard InChI is InChI=1S/C24H32N6/c1-30(2)15-14-26-19-9-5-17(6-10-19)22-16-23-21(4-3-13-27-23)24(29-22)28-20-11-7-18(25)8-12-20/h3-6,9-10,13,16,18,20,26H,7-8,11-12,14-15,25H2,1-2H3,(H,28,29). The topological polar surface area (TPSA) is 79.1 Å². The molecule has 4 rings (SSSR count). The number of pyridine rings is 2. The smallest absolute Gasteiger partial charge is 0.136 e. The van der Waals surface area contributed by atoms with Crippen LogP contribution < -0.4 is 16.4 Å². The number of anilines is 2. The lowest BCUT2D eigenvalue weighted by atomic mass is 9.92. The second-order valence-electron chi connectivity index (χ2n) is 8.49.